The first-order chi connectivity index (χ1) is 18.5. The third-order valence-corrected chi connectivity index (χ3v) is 6.09. The van der Waals surface area contributed by atoms with E-state index in [1.807, 2.05) is 60.0 Å². The molecule has 0 atom stereocenters. The monoisotopic (exact) mass is 517 g/mol. The van der Waals surface area contributed by atoms with Crippen molar-refractivity contribution in [3.05, 3.63) is 93.8 Å². The number of benzene rings is 3. The minimum atomic E-state index is -0.651. The van der Waals surface area contributed by atoms with Gasteiger partial charge in [0.15, 0.2) is 11.5 Å². The van der Waals surface area contributed by atoms with Crippen LogP contribution in [0.4, 0.5) is 0 Å². The Morgan fingerprint density at radius 2 is 1.37 bits per heavy atom. The van der Waals surface area contributed by atoms with Crippen LogP contribution in [-0.4, -0.2) is 31.4 Å². The van der Waals surface area contributed by atoms with Gasteiger partial charge >= 0.3 is 5.97 Å². The SMILES string of the molecule is CCOC(=O)c1cn(CC)c2c(OCc3ccc(OC)cc3)c(OCc3ccc(OC)cc3)ccc2c1=O. The zero-order valence-electron chi connectivity index (χ0n) is 22.0. The van der Waals surface area contributed by atoms with E-state index in [1.54, 1.807) is 33.3 Å². The molecule has 1 heterocycles. The van der Waals surface area contributed by atoms with Crippen LogP contribution in [0.1, 0.15) is 35.3 Å². The lowest BCUT2D eigenvalue weighted by Crippen LogP contribution is -2.21. The quantitative estimate of drug-likeness (QED) is 0.247. The fourth-order valence-electron chi connectivity index (χ4n) is 4.06. The third-order valence-electron chi connectivity index (χ3n) is 6.09. The second-order valence-corrected chi connectivity index (χ2v) is 8.44. The number of nitrogens with zero attached hydrogens (tertiary/aromatic N) is 1. The molecule has 0 saturated heterocycles. The Bertz CT molecular complexity index is 1460. The maximum absolute atomic E-state index is 13.3. The Morgan fingerprint density at radius 1 is 0.789 bits per heavy atom. The summed E-state index contributed by atoms with van der Waals surface area (Å²) in [4.78, 5) is 25.8. The molecule has 0 N–H and O–H groups in total. The summed E-state index contributed by atoms with van der Waals surface area (Å²) in [6.45, 7) is 4.82. The van der Waals surface area contributed by atoms with Crippen LogP contribution < -0.4 is 24.4 Å². The number of aromatic nitrogens is 1. The largest absolute Gasteiger partial charge is 0.497 e. The molecule has 0 spiro atoms. The first-order valence-electron chi connectivity index (χ1n) is 12.4. The molecule has 3 aromatic carbocycles. The lowest BCUT2D eigenvalue weighted by molar-refractivity contribution is 0.0524. The molecule has 1 aromatic heterocycles. The van der Waals surface area contributed by atoms with Crippen molar-refractivity contribution in [2.24, 2.45) is 0 Å². The summed E-state index contributed by atoms with van der Waals surface area (Å²) < 4.78 is 29.9. The van der Waals surface area contributed by atoms with Gasteiger partial charge < -0.3 is 28.3 Å². The number of hydrogen-bond donors (Lipinski definition) is 0. The number of rotatable bonds is 11. The predicted molar refractivity (Wildman–Crippen MR) is 144 cm³/mol. The Hall–Kier alpha value is -4.46. The number of methoxy groups -OCH3 is 2. The van der Waals surface area contributed by atoms with Gasteiger partial charge in [0.1, 0.15) is 30.3 Å². The standard InChI is InChI=1S/C30H31NO7/c1-5-31-17-25(30(33)36-6-2)28(32)24-15-16-26(37-18-20-7-11-22(34-3)12-8-20)29(27(24)31)38-19-21-9-13-23(35-4)14-10-21/h7-17H,5-6,18-19H2,1-4H3. The van der Waals surface area contributed by atoms with E-state index in [4.69, 9.17) is 23.7 Å². The smallest absolute Gasteiger partial charge is 0.343 e. The normalized spacial score (nSPS) is 10.7. The number of esters is 1. The van der Waals surface area contributed by atoms with Gasteiger partial charge in [0.2, 0.25) is 5.43 Å². The molecule has 4 aromatic rings. The van der Waals surface area contributed by atoms with Crippen molar-refractivity contribution in [3.8, 4) is 23.0 Å². The molecule has 198 valence electrons. The molecular weight excluding hydrogens is 486 g/mol. The molecule has 0 saturated carbocycles. The zero-order valence-corrected chi connectivity index (χ0v) is 22.0. The van der Waals surface area contributed by atoms with Crippen LogP contribution in [0.25, 0.3) is 10.9 Å². The summed E-state index contributed by atoms with van der Waals surface area (Å²) in [5, 5.41) is 0.346. The van der Waals surface area contributed by atoms with Crippen LogP contribution in [-0.2, 0) is 24.5 Å². The molecule has 0 aliphatic heterocycles. The van der Waals surface area contributed by atoms with E-state index in [0.29, 0.717) is 28.9 Å². The van der Waals surface area contributed by atoms with Gasteiger partial charge in [0, 0.05) is 12.7 Å². The highest BCUT2D eigenvalue weighted by Gasteiger charge is 2.21. The molecule has 0 unspecified atom stereocenters. The summed E-state index contributed by atoms with van der Waals surface area (Å²) >= 11 is 0. The molecule has 0 radical (unpaired) electrons. The van der Waals surface area contributed by atoms with Crippen LogP contribution in [0.5, 0.6) is 23.0 Å². The highest BCUT2D eigenvalue weighted by atomic mass is 16.5. The van der Waals surface area contributed by atoms with E-state index < -0.39 is 11.4 Å². The maximum atomic E-state index is 13.3. The first-order valence-corrected chi connectivity index (χ1v) is 12.4. The highest BCUT2D eigenvalue weighted by Crippen LogP contribution is 2.36. The van der Waals surface area contributed by atoms with Gasteiger partial charge in [-0.3, -0.25) is 4.79 Å². The first kappa shape index (κ1) is 26.6. The van der Waals surface area contributed by atoms with Gasteiger partial charge in [-0.2, -0.15) is 0 Å². The van der Waals surface area contributed by atoms with Gasteiger partial charge in [0.05, 0.1) is 31.7 Å². The van der Waals surface area contributed by atoms with E-state index in [-0.39, 0.29) is 25.4 Å². The van der Waals surface area contributed by atoms with Gasteiger partial charge in [-0.1, -0.05) is 24.3 Å². The van der Waals surface area contributed by atoms with Gasteiger partial charge in [-0.05, 0) is 61.4 Å². The van der Waals surface area contributed by atoms with Crippen molar-refractivity contribution >= 4 is 16.9 Å². The maximum Gasteiger partial charge on any atom is 0.343 e. The second-order valence-electron chi connectivity index (χ2n) is 8.44. The predicted octanol–water partition coefficient (Wildman–Crippen LogP) is 5.37. The Morgan fingerprint density at radius 3 is 1.89 bits per heavy atom. The number of carbonyl (C=O) groups is 1. The van der Waals surface area contributed by atoms with E-state index >= 15 is 0 Å². The molecular formula is C30H31NO7. The van der Waals surface area contributed by atoms with E-state index in [0.717, 1.165) is 22.6 Å². The Labute approximate surface area is 221 Å². The Balaban J connectivity index is 1.77. The van der Waals surface area contributed by atoms with Crippen LogP contribution >= 0.6 is 0 Å². The van der Waals surface area contributed by atoms with E-state index in [1.165, 1.54) is 6.20 Å². The number of hydrogen-bond acceptors (Lipinski definition) is 7. The van der Waals surface area contributed by atoms with E-state index in [2.05, 4.69) is 0 Å². The van der Waals surface area contributed by atoms with Crippen molar-refractivity contribution in [3.63, 3.8) is 0 Å². The minimum Gasteiger partial charge on any atom is -0.497 e. The van der Waals surface area contributed by atoms with Crippen molar-refractivity contribution in [1.29, 1.82) is 0 Å². The molecule has 0 aliphatic rings. The molecule has 8 nitrogen and oxygen atoms in total. The summed E-state index contributed by atoms with van der Waals surface area (Å²) in [5.41, 5.74) is 1.97. The van der Waals surface area contributed by atoms with Crippen LogP contribution in [0.3, 0.4) is 0 Å². The number of fused-ring (bicyclic) bond motifs is 1. The van der Waals surface area contributed by atoms with Gasteiger partial charge in [-0.25, -0.2) is 4.79 Å². The van der Waals surface area contributed by atoms with Gasteiger partial charge in [-0.15, -0.1) is 0 Å². The molecule has 0 aliphatic carbocycles. The van der Waals surface area contributed by atoms with E-state index in [9.17, 15) is 9.59 Å². The fraction of sp³-hybridized carbons (Fsp3) is 0.267. The number of carbonyl (C=O) groups excluding carboxylic acids is 1. The zero-order chi connectivity index (χ0) is 27.1. The van der Waals surface area contributed by atoms with Crippen molar-refractivity contribution in [2.75, 3.05) is 20.8 Å². The summed E-state index contributed by atoms with van der Waals surface area (Å²) in [6, 6.07) is 18.5. The lowest BCUT2D eigenvalue weighted by Gasteiger charge is -2.19. The highest BCUT2D eigenvalue weighted by molar-refractivity contribution is 5.96. The number of aryl methyl sites for hydroxylation is 1. The Kier molecular flexibility index (Phi) is 8.53. The van der Waals surface area contributed by atoms with Crippen molar-refractivity contribution < 1.29 is 28.5 Å². The number of pyridine rings is 1. The molecule has 8 heteroatoms. The van der Waals surface area contributed by atoms with Crippen molar-refractivity contribution in [2.45, 2.75) is 33.6 Å². The average molecular weight is 518 g/mol. The fourth-order valence-corrected chi connectivity index (χ4v) is 4.06. The lowest BCUT2D eigenvalue weighted by atomic mass is 10.1. The topological polar surface area (TPSA) is 85.2 Å². The number of ether oxygens (including phenoxy) is 5. The molecule has 0 amide bonds. The molecule has 4 rings (SSSR count). The summed E-state index contributed by atoms with van der Waals surface area (Å²) in [5.74, 6) is 1.75. The molecule has 38 heavy (non-hydrogen) atoms. The van der Waals surface area contributed by atoms with Crippen LogP contribution in [0.2, 0.25) is 0 Å². The average Bonchev–Trinajstić information content (AvgIpc) is 2.96. The summed E-state index contributed by atoms with van der Waals surface area (Å²) in [6.07, 6.45) is 1.52. The second kappa shape index (κ2) is 12.2. The third kappa shape index (κ3) is 5.75. The minimum absolute atomic E-state index is 0.0193. The van der Waals surface area contributed by atoms with Crippen LogP contribution in [0, 0.1) is 0 Å². The molecule has 0 bridgehead atoms. The summed E-state index contributed by atoms with van der Waals surface area (Å²) in [7, 11) is 3.23. The molecule has 0 fully saturated rings. The van der Waals surface area contributed by atoms with Gasteiger partial charge in [0.25, 0.3) is 0 Å². The van der Waals surface area contributed by atoms with Crippen molar-refractivity contribution in [1.82, 2.24) is 4.57 Å². The van der Waals surface area contributed by atoms with Crippen LogP contribution in [0.15, 0.2) is 71.7 Å².